The van der Waals surface area contributed by atoms with Crippen LogP contribution in [0, 0.1) is 0 Å². The molecule has 29 heavy (non-hydrogen) atoms. The molecule has 0 saturated carbocycles. The molecule has 1 N–H and O–H groups in total. The third kappa shape index (κ3) is 6.66. The van der Waals surface area contributed by atoms with Crippen molar-refractivity contribution in [3.63, 3.8) is 0 Å². The predicted octanol–water partition coefficient (Wildman–Crippen LogP) is 4.84. The topological polar surface area (TPSA) is 59.9 Å². The van der Waals surface area contributed by atoms with Crippen LogP contribution in [0.3, 0.4) is 0 Å². The minimum absolute atomic E-state index is 0.354. The number of carbonyl (C=O) groups excluding carboxylic acids is 1. The summed E-state index contributed by atoms with van der Waals surface area (Å²) in [7, 11) is 0. The maximum Gasteiger partial charge on any atom is 0.280 e. The lowest BCUT2D eigenvalue weighted by Gasteiger charge is -2.13. The van der Waals surface area contributed by atoms with Crippen LogP contribution in [0.25, 0.3) is 0 Å². The summed E-state index contributed by atoms with van der Waals surface area (Å²) in [4.78, 5) is 12.1. The number of rotatable bonds is 8. The van der Waals surface area contributed by atoms with Crippen LogP contribution >= 0.6 is 11.6 Å². The molecule has 0 aromatic heterocycles. The molecule has 3 rings (SSSR count). The molecular formula is C23H21ClN2O3. The second-order valence-corrected chi connectivity index (χ2v) is 6.73. The fourth-order valence-corrected chi connectivity index (χ4v) is 2.66. The van der Waals surface area contributed by atoms with E-state index in [2.05, 4.69) is 10.5 Å². The van der Waals surface area contributed by atoms with Crippen molar-refractivity contribution in [3.8, 4) is 11.5 Å². The first-order chi connectivity index (χ1) is 14.1. The summed E-state index contributed by atoms with van der Waals surface area (Å²) in [5, 5.41) is 4.53. The molecule has 1 amide bonds. The molecule has 5 nitrogen and oxygen atoms in total. The van der Waals surface area contributed by atoms with E-state index in [-0.39, 0.29) is 5.91 Å². The quantitative estimate of drug-likeness (QED) is 0.428. The molecule has 3 aromatic rings. The van der Waals surface area contributed by atoms with Crippen LogP contribution in [-0.2, 0) is 11.4 Å². The summed E-state index contributed by atoms with van der Waals surface area (Å²) >= 11 is 5.91. The lowest BCUT2D eigenvalue weighted by atomic mass is 10.2. The van der Waals surface area contributed by atoms with E-state index >= 15 is 0 Å². The van der Waals surface area contributed by atoms with E-state index in [1.807, 2.05) is 42.5 Å². The fraction of sp³-hybridized carbons (Fsp3) is 0.130. The first kappa shape index (κ1) is 20.4. The van der Waals surface area contributed by atoms with Crippen molar-refractivity contribution in [2.45, 2.75) is 19.6 Å². The Bertz CT molecular complexity index is 959. The predicted molar refractivity (Wildman–Crippen MR) is 114 cm³/mol. The van der Waals surface area contributed by atoms with Crippen molar-refractivity contribution in [1.29, 1.82) is 0 Å². The molecule has 0 saturated heterocycles. The summed E-state index contributed by atoms with van der Waals surface area (Å²) in [6, 6.07) is 24.2. The van der Waals surface area contributed by atoms with E-state index in [0.29, 0.717) is 17.4 Å². The Hall–Kier alpha value is -3.31. The molecule has 0 fully saturated rings. The Balaban J connectivity index is 1.46. The van der Waals surface area contributed by atoms with Gasteiger partial charge in [0.15, 0.2) is 6.10 Å². The van der Waals surface area contributed by atoms with Crippen molar-refractivity contribution in [1.82, 2.24) is 5.43 Å². The number of hydrogen-bond acceptors (Lipinski definition) is 4. The zero-order chi connectivity index (χ0) is 20.5. The zero-order valence-corrected chi connectivity index (χ0v) is 16.7. The molecule has 6 heteroatoms. The third-order valence-corrected chi connectivity index (χ3v) is 4.23. The molecule has 0 aliphatic heterocycles. The largest absolute Gasteiger partial charge is 0.489 e. The van der Waals surface area contributed by atoms with E-state index < -0.39 is 6.10 Å². The van der Waals surface area contributed by atoms with Crippen LogP contribution in [-0.4, -0.2) is 18.2 Å². The number of ether oxygens (including phenoxy) is 2. The Morgan fingerprint density at radius 1 is 1.03 bits per heavy atom. The average molecular weight is 409 g/mol. The van der Waals surface area contributed by atoms with Gasteiger partial charge in [0.25, 0.3) is 5.91 Å². The highest BCUT2D eigenvalue weighted by Crippen LogP contribution is 2.19. The molecule has 0 aliphatic rings. The van der Waals surface area contributed by atoms with E-state index in [0.717, 1.165) is 16.9 Å². The molecule has 1 unspecified atom stereocenters. The molecule has 0 spiro atoms. The monoisotopic (exact) mass is 408 g/mol. The number of carbonyl (C=O) groups is 1. The fourth-order valence-electron chi connectivity index (χ4n) is 2.46. The summed E-state index contributed by atoms with van der Waals surface area (Å²) in [6.07, 6.45) is 0.817. The van der Waals surface area contributed by atoms with Gasteiger partial charge >= 0.3 is 0 Å². The van der Waals surface area contributed by atoms with Gasteiger partial charge in [0.1, 0.15) is 18.1 Å². The average Bonchev–Trinajstić information content (AvgIpc) is 2.74. The Kier molecular flexibility index (Phi) is 7.25. The number of halogens is 1. The van der Waals surface area contributed by atoms with Gasteiger partial charge in [0, 0.05) is 5.02 Å². The summed E-state index contributed by atoms with van der Waals surface area (Å²) in [5.74, 6) is 0.940. The SMILES string of the molecule is CC(Oc1ccc(OCc2ccccc2)cc1)C(=O)N/N=C/c1cccc(Cl)c1. The highest BCUT2D eigenvalue weighted by Gasteiger charge is 2.13. The minimum Gasteiger partial charge on any atom is -0.489 e. The highest BCUT2D eigenvalue weighted by molar-refractivity contribution is 6.30. The summed E-state index contributed by atoms with van der Waals surface area (Å²) in [5.41, 5.74) is 4.34. The van der Waals surface area contributed by atoms with Crippen molar-refractivity contribution in [2.24, 2.45) is 5.10 Å². The van der Waals surface area contributed by atoms with Gasteiger partial charge in [-0.25, -0.2) is 5.43 Å². The van der Waals surface area contributed by atoms with E-state index in [4.69, 9.17) is 21.1 Å². The molecule has 0 bridgehead atoms. The molecule has 0 heterocycles. The third-order valence-electron chi connectivity index (χ3n) is 3.99. The number of amides is 1. The van der Waals surface area contributed by atoms with Gasteiger partial charge in [-0.2, -0.15) is 5.10 Å². The van der Waals surface area contributed by atoms with Crippen LogP contribution in [0.2, 0.25) is 5.02 Å². The number of benzene rings is 3. The highest BCUT2D eigenvalue weighted by atomic mass is 35.5. The van der Waals surface area contributed by atoms with E-state index in [1.165, 1.54) is 6.21 Å². The van der Waals surface area contributed by atoms with E-state index in [9.17, 15) is 4.79 Å². The van der Waals surface area contributed by atoms with Gasteiger partial charge in [-0.3, -0.25) is 4.79 Å². The van der Waals surface area contributed by atoms with Gasteiger partial charge in [0.05, 0.1) is 6.21 Å². The van der Waals surface area contributed by atoms with Crippen LogP contribution in [0.4, 0.5) is 0 Å². The molecule has 1 atom stereocenters. The molecular weight excluding hydrogens is 388 g/mol. The molecule has 0 aliphatic carbocycles. The Morgan fingerprint density at radius 2 is 1.76 bits per heavy atom. The maximum absolute atomic E-state index is 12.1. The Labute approximate surface area is 174 Å². The summed E-state index contributed by atoms with van der Waals surface area (Å²) in [6.45, 7) is 2.15. The molecule has 3 aromatic carbocycles. The first-order valence-electron chi connectivity index (χ1n) is 9.12. The molecule has 0 radical (unpaired) electrons. The van der Waals surface area contributed by atoms with Crippen molar-refractivity contribution >= 4 is 23.7 Å². The Morgan fingerprint density at radius 3 is 2.48 bits per heavy atom. The zero-order valence-electron chi connectivity index (χ0n) is 15.9. The lowest BCUT2D eigenvalue weighted by Crippen LogP contribution is -2.33. The van der Waals surface area contributed by atoms with Gasteiger partial charge in [-0.15, -0.1) is 0 Å². The second-order valence-electron chi connectivity index (χ2n) is 6.30. The number of hydrazone groups is 1. The molecule has 148 valence electrons. The minimum atomic E-state index is -0.706. The van der Waals surface area contributed by atoms with Crippen molar-refractivity contribution in [2.75, 3.05) is 0 Å². The number of hydrogen-bond donors (Lipinski definition) is 1. The van der Waals surface area contributed by atoms with Crippen LogP contribution in [0.1, 0.15) is 18.1 Å². The van der Waals surface area contributed by atoms with Crippen molar-refractivity contribution in [3.05, 3.63) is 95.0 Å². The first-order valence-corrected chi connectivity index (χ1v) is 9.50. The van der Waals surface area contributed by atoms with Gasteiger partial charge in [-0.1, -0.05) is 54.1 Å². The van der Waals surface area contributed by atoms with Crippen LogP contribution in [0.15, 0.2) is 84.0 Å². The van der Waals surface area contributed by atoms with Crippen LogP contribution in [0.5, 0.6) is 11.5 Å². The summed E-state index contributed by atoms with van der Waals surface area (Å²) < 4.78 is 11.4. The normalized spacial score (nSPS) is 11.8. The van der Waals surface area contributed by atoms with E-state index in [1.54, 1.807) is 43.3 Å². The smallest absolute Gasteiger partial charge is 0.280 e. The van der Waals surface area contributed by atoms with Crippen LogP contribution < -0.4 is 14.9 Å². The lowest BCUT2D eigenvalue weighted by molar-refractivity contribution is -0.127. The maximum atomic E-state index is 12.1. The van der Waals surface area contributed by atoms with Gasteiger partial charge in [-0.05, 0) is 54.4 Å². The van der Waals surface area contributed by atoms with Gasteiger partial charge in [0.2, 0.25) is 0 Å². The van der Waals surface area contributed by atoms with Crippen molar-refractivity contribution < 1.29 is 14.3 Å². The number of nitrogens with zero attached hydrogens (tertiary/aromatic N) is 1. The number of nitrogens with one attached hydrogen (secondary N) is 1. The van der Waals surface area contributed by atoms with Gasteiger partial charge < -0.3 is 9.47 Å². The standard InChI is InChI=1S/C23H21ClN2O3/c1-17(23(27)26-25-15-19-8-5-9-20(24)14-19)29-22-12-10-21(11-13-22)28-16-18-6-3-2-4-7-18/h2-15,17H,16H2,1H3,(H,26,27)/b25-15+. The second kappa shape index (κ2) is 10.3.